The lowest BCUT2D eigenvalue weighted by Crippen LogP contribution is -2.28. The molecule has 1 aromatic rings. The van der Waals surface area contributed by atoms with Crippen LogP contribution in [0.1, 0.15) is 45.3 Å². The smallest absolute Gasteiger partial charge is 0.169 e. The maximum atomic E-state index is 6.21. The summed E-state index contributed by atoms with van der Waals surface area (Å²) < 4.78 is 12.1. The van der Waals surface area contributed by atoms with Gasteiger partial charge in [0.15, 0.2) is 5.79 Å². The molecule has 2 nitrogen and oxygen atoms in total. The Labute approximate surface area is 108 Å². The maximum absolute atomic E-state index is 6.21. The first-order valence-electron chi connectivity index (χ1n) is 6.22. The summed E-state index contributed by atoms with van der Waals surface area (Å²) in [6.45, 7) is 6.22. The molecule has 1 aliphatic rings. The molecule has 94 valence electrons. The molecule has 0 aliphatic carbocycles. The van der Waals surface area contributed by atoms with Gasteiger partial charge >= 0.3 is 0 Å². The van der Waals surface area contributed by atoms with Gasteiger partial charge in [-0.1, -0.05) is 43.6 Å². The lowest BCUT2D eigenvalue weighted by molar-refractivity contribution is -0.178. The Morgan fingerprint density at radius 3 is 2.35 bits per heavy atom. The van der Waals surface area contributed by atoms with Crippen LogP contribution >= 0.6 is 11.6 Å². The van der Waals surface area contributed by atoms with E-state index in [2.05, 4.69) is 13.8 Å². The number of hydrogen-bond donors (Lipinski definition) is 0. The first-order chi connectivity index (χ1) is 8.12. The summed E-state index contributed by atoms with van der Waals surface area (Å²) in [7, 11) is 0. The minimum absolute atomic E-state index is 0.0369. The van der Waals surface area contributed by atoms with E-state index in [1.165, 1.54) is 0 Å². The predicted octanol–water partition coefficient (Wildman–Crippen LogP) is 4.33. The Bertz CT molecular complexity index is 388. The van der Waals surface area contributed by atoms with Gasteiger partial charge in [0.05, 0.1) is 6.10 Å². The molecular weight excluding hydrogens is 236 g/mol. The molecule has 3 heteroatoms. The molecular formula is C14H19ClO2. The van der Waals surface area contributed by atoms with Gasteiger partial charge in [0, 0.05) is 10.6 Å². The fourth-order valence-corrected chi connectivity index (χ4v) is 2.60. The number of rotatable bonds is 3. The molecule has 0 aromatic heterocycles. The normalized spacial score (nSPS) is 27.3. The molecule has 1 fully saturated rings. The summed E-state index contributed by atoms with van der Waals surface area (Å²) in [4.78, 5) is 0. The Balaban J connectivity index is 2.27. The van der Waals surface area contributed by atoms with Crippen molar-refractivity contribution < 1.29 is 9.47 Å². The van der Waals surface area contributed by atoms with Crippen molar-refractivity contribution in [3.8, 4) is 0 Å². The standard InChI is InChI=1S/C14H19ClO2/c1-4-14(5-2)16-10(3)13(17-14)11-8-6-7-9-12(11)15/h6-10,13H,4-5H2,1-3H3. The summed E-state index contributed by atoms with van der Waals surface area (Å²) in [5.41, 5.74) is 1.02. The van der Waals surface area contributed by atoms with Crippen LogP contribution in [0.2, 0.25) is 5.02 Å². The molecule has 2 atom stereocenters. The number of ether oxygens (including phenoxy) is 2. The van der Waals surface area contributed by atoms with Crippen LogP contribution in [0, 0.1) is 0 Å². The van der Waals surface area contributed by atoms with Crippen molar-refractivity contribution in [2.24, 2.45) is 0 Å². The van der Waals surface area contributed by atoms with E-state index in [0.29, 0.717) is 0 Å². The summed E-state index contributed by atoms with van der Waals surface area (Å²) >= 11 is 6.21. The Hall–Kier alpha value is -0.570. The molecule has 0 bridgehead atoms. The Kier molecular flexibility index (Phi) is 3.76. The van der Waals surface area contributed by atoms with Crippen molar-refractivity contribution in [2.45, 2.75) is 51.6 Å². The van der Waals surface area contributed by atoms with E-state index in [9.17, 15) is 0 Å². The van der Waals surface area contributed by atoms with Crippen molar-refractivity contribution in [3.63, 3.8) is 0 Å². The SMILES string of the molecule is CCC1(CC)OC(C)C(c2ccccc2Cl)O1. The van der Waals surface area contributed by atoms with E-state index >= 15 is 0 Å². The van der Waals surface area contributed by atoms with E-state index in [4.69, 9.17) is 21.1 Å². The van der Waals surface area contributed by atoms with Crippen molar-refractivity contribution in [2.75, 3.05) is 0 Å². The largest absolute Gasteiger partial charge is 0.344 e. The summed E-state index contributed by atoms with van der Waals surface area (Å²) in [5.74, 6) is -0.441. The quantitative estimate of drug-likeness (QED) is 0.799. The average Bonchev–Trinajstić information content (AvgIpc) is 2.68. The first kappa shape index (κ1) is 12.9. The second-order valence-electron chi connectivity index (χ2n) is 4.50. The first-order valence-corrected chi connectivity index (χ1v) is 6.59. The van der Waals surface area contributed by atoms with Crippen LogP contribution in [0.25, 0.3) is 0 Å². The van der Waals surface area contributed by atoms with Gasteiger partial charge in [0.2, 0.25) is 0 Å². The van der Waals surface area contributed by atoms with Gasteiger partial charge in [-0.3, -0.25) is 0 Å². The van der Waals surface area contributed by atoms with Crippen molar-refractivity contribution >= 4 is 11.6 Å². The van der Waals surface area contributed by atoms with Crippen LogP contribution < -0.4 is 0 Å². The van der Waals surface area contributed by atoms with Gasteiger partial charge in [-0.25, -0.2) is 0 Å². The van der Waals surface area contributed by atoms with Crippen molar-refractivity contribution in [1.82, 2.24) is 0 Å². The fourth-order valence-electron chi connectivity index (χ4n) is 2.36. The van der Waals surface area contributed by atoms with E-state index in [0.717, 1.165) is 23.4 Å². The molecule has 1 saturated heterocycles. The molecule has 0 saturated carbocycles. The lowest BCUT2D eigenvalue weighted by atomic mass is 10.1. The van der Waals surface area contributed by atoms with Gasteiger partial charge in [0.1, 0.15) is 6.10 Å². The van der Waals surface area contributed by atoms with Crippen LogP contribution in [0.5, 0.6) is 0 Å². The molecule has 0 amide bonds. The highest BCUT2D eigenvalue weighted by Gasteiger charge is 2.44. The highest BCUT2D eigenvalue weighted by atomic mass is 35.5. The van der Waals surface area contributed by atoms with E-state index < -0.39 is 5.79 Å². The van der Waals surface area contributed by atoms with Gasteiger partial charge < -0.3 is 9.47 Å². The van der Waals surface area contributed by atoms with Crippen molar-refractivity contribution in [3.05, 3.63) is 34.9 Å². The highest BCUT2D eigenvalue weighted by molar-refractivity contribution is 6.31. The second-order valence-corrected chi connectivity index (χ2v) is 4.91. The summed E-state index contributed by atoms with van der Waals surface area (Å²) in [6.07, 6.45) is 1.68. The lowest BCUT2D eigenvalue weighted by Gasteiger charge is -2.25. The van der Waals surface area contributed by atoms with Crippen LogP contribution in [0.3, 0.4) is 0 Å². The minimum atomic E-state index is -0.441. The third kappa shape index (κ3) is 2.35. The van der Waals surface area contributed by atoms with Crippen LogP contribution in [-0.2, 0) is 9.47 Å². The van der Waals surface area contributed by atoms with Gasteiger partial charge in [-0.05, 0) is 25.8 Å². The van der Waals surface area contributed by atoms with Gasteiger partial charge in [-0.15, -0.1) is 0 Å². The zero-order chi connectivity index (χ0) is 12.5. The zero-order valence-corrected chi connectivity index (χ0v) is 11.3. The number of hydrogen-bond acceptors (Lipinski definition) is 2. The van der Waals surface area contributed by atoms with E-state index in [-0.39, 0.29) is 12.2 Å². The molecule has 1 aromatic carbocycles. The maximum Gasteiger partial charge on any atom is 0.169 e. The Morgan fingerprint density at radius 1 is 1.18 bits per heavy atom. The molecule has 1 aliphatic heterocycles. The minimum Gasteiger partial charge on any atom is -0.344 e. The molecule has 0 N–H and O–H groups in total. The van der Waals surface area contributed by atoms with Crippen LogP contribution in [-0.4, -0.2) is 11.9 Å². The monoisotopic (exact) mass is 254 g/mol. The van der Waals surface area contributed by atoms with Gasteiger partial charge in [-0.2, -0.15) is 0 Å². The molecule has 2 rings (SSSR count). The van der Waals surface area contributed by atoms with E-state index in [1.54, 1.807) is 0 Å². The molecule has 17 heavy (non-hydrogen) atoms. The average molecular weight is 255 g/mol. The van der Waals surface area contributed by atoms with Crippen molar-refractivity contribution in [1.29, 1.82) is 0 Å². The summed E-state index contributed by atoms with van der Waals surface area (Å²) in [5, 5.41) is 0.746. The number of benzene rings is 1. The zero-order valence-electron chi connectivity index (χ0n) is 10.6. The van der Waals surface area contributed by atoms with E-state index in [1.807, 2.05) is 31.2 Å². The predicted molar refractivity (Wildman–Crippen MR) is 69.1 cm³/mol. The molecule has 0 radical (unpaired) electrons. The third-order valence-corrected chi connectivity index (χ3v) is 3.80. The number of halogens is 1. The molecule has 0 spiro atoms. The highest BCUT2D eigenvalue weighted by Crippen LogP contribution is 2.43. The molecule has 1 heterocycles. The fraction of sp³-hybridized carbons (Fsp3) is 0.571. The van der Waals surface area contributed by atoms with Crippen LogP contribution in [0.4, 0.5) is 0 Å². The topological polar surface area (TPSA) is 18.5 Å². The molecule has 2 unspecified atom stereocenters. The van der Waals surface area contributed by atoms with Crippen LogP contribution in [0.15, 0.2) is 24.3 Å². The third-order valence-electron chi connectivity index (χ3n) is 3.46. The second kappa shape index (κ2) is 4.97. The van der Waals surface area contributed by atoms with Gasteiger partial charge in [0.25, 0.3) is 0 Å². The Morgan fingerprint density at radius 2 is 1.82 bits per heavy atom. The summed E-state index contributed by atoms with van der Waals surface area (Å²) in [6, 6.07) is 7.81.